The minimum atomic E-state index is -0.162. The van der Waals surface area contributed by atoms with E-state index < -0.39 is 0 Å². The Labute approximate surface area is 149 Å². The largest absolute Gasteiger partial charge is 0.341 e. The highest BCUT2D eigenvalue weighted by Crippen LogP contribution is 2.22. The van der Waals surface area contributed by atoms with Gasteiger partial charge in [-0.2, -0.15) is 0 Å². The quantitative estimate of drug-likeness (QED) is 0.922. The lowest BCUT2D eigenvalue weighted by Gasteiger charge is -2.30. The van der Waals surface area contributed by atoms with E-state index in [1.807, 2.05) is 39.0 Å². The van der Waals surface area contributed by atoms with Crippen LogP contribution in [-0.4, -0.2) is 29.0 Å². The second-order valence-corrected chi connectivity index (χ2v) is 7.11. The molecule has 0 saturated carbocycles. The van der Waals surface area contributed by atoms with Gasteiger partial charge in [-0.05, 0) is 56.7 Å². The molecule has 5 nitrogen and oxygen atoms in total. The molecule has 2 aromatic rings. The molecule has 0 aliphatic carbocycles. The number of piperidine rings is 1. The van der Waals surface area contributed by atoms with Crippen LogP contribution in [0.5, 0.6) is 0 Å². The van der Waals surface area contributed by atoms with Crippen LogP contribution in [0.25, 0.3) is 0 Å². The molecule has 25 heavy (non-hydrogen) atoms. The van der Waals surface area contributed by atoms with Crippen molar-refractivity contribution in [3.63, 3.8) is 0 Å². The number of aromatic nitrogens is 2. The Morgan fingerprint density at radius 2 is 1.92 bits per heavy atom. The van der Waals surface area contributed by atoms with Crippen molar-refractivity contribution in [2.24, 2.45) is 5.92 Å². The lowest BCUT2D eigenvalue weighted by atomic mass is 10.00. The zero-order chi connectivity index (χ0) is 18.0. The summed E-state index contributed by atoms with van der Waals surface area (Å²) in [6.07, 6.45) is 3.98. The Morgan fingerprint density at radius 1 is 1.20 bits per heavy atom. The van der Waals surface area contributed by atoms with E-state index in [0.29, 0.717) is 11.3 Å². The van der Waals surface area contributed by atoms with Crippen molar-refractivity contribution in [2.75, 3.05) is 23.3 Å². The molecule has 0 radical (unpaired) electrons. The second-order valence-electron chi connectivity index (χ2n) is 7.11. The molecule has 1 amide bonds. The Kier molecular flexibility index (Phi) is 5.02. The van der Waals surface area contributed by atoms with E-state index in [2.05, 4.69) is 27.1 Å². The molecule has 1 N–H and O–H groups in total. The molecule has 1 aromatic carbocycles. The van der Waals surface area contributed by atoms with Gasteiger partial charge in [0.1, 0.15) is 0 Å². The molecule has 1 aliphatic heterocycles. The highest BCUT2D eigenvalue weighted by atomic mass is 16.1. The summed E-state index contributed by atoms with van der Waals surface area (Å²) in [5.74, 6) is 1.33. The fourth-order valence-electron chi connectivity index (χ4n) is 3.10. The highest BCUT2D eigenvalue weighted by molar-refractivity contribution is 6.05. The van der Waals surface area contributed by atoms with Gasteiger partial charge in [-0.3, -0.25) is 4.79 Å². The number of carbonyl (C=O) groups excluding carboxylic acids is 1. The first-order chi connectivity index (χ1) is 11.9. The molecule has 1 fully saturated rings. The fraction of sp³-hybridized carbons (Fsp3) is 0.450. The van der Waals surface area contributed by atoms with Crippen molar-refractivity contribution in [2.45, 2.75) is 40.5 Å². The van der Waals surface area contributed by atoms with E-state index in [9.17, 15) is 4.79 Å². The molecular formula is C20H26N4O. The molecular weight excluding hydrogens is 312 g/mol. The van der Waals surface area contributed by atoms with Gasteiger partial charge in [0.05, 0.1) is 11.3 Å². The predicted molar refractivity (Wildman–Crippen MR) is 101 cm³/mol. The minimum Gasteiger partial charge on any atom is -0.341 e. The van der Waals surface area contributed by atoms with Gasteiger partial charge in [0.25, 0.3) is 5.91 Å². The topological polar surface area (TPSA) is 58.1 Å². The zero-order valence-corrected chi connectivity index (χ0v) is 15.5. The van der Waals surface area contributed by atoms with Crippen molar-refractivity contribution in [1.29, 1.82) is 0 Å². The van der Waals surface area contributed by atoms with Gasteiger partial charge in [0.2, 0.25) is 5.95 Å². The van der Waals surface area contributed by atoms with E-state index in [1.54, 1.807) is 6.20 Å². The zero-order valence-electron chi connectivity index (χ0n) is 15.5. The van der Waals surface area contributed by atoms with Gasteiger partial charge >= 0.3 is 0 Å². The van der Waals surface area contributed by atoms with Crippen molar-refractivity contribution in [3.05, 3.63) is 46.8 Å². The SMILES string of the molecule is Cc1ccc(C)c(NC(=O)c2cnc(N3CCC(C)CC3)nc2C)c1. The van der Waals surface area contributed by atoms with Crippen LogP contribution in [-0.2, 0) is 0 Å². The van der Waals surface area contributed by atoms with Crippen molar-refractivity contribution >= 4 is 17.5 Å². The summed E-state index contributed by atoms with van der Waals surface area (Å²) in [6.45, 7) is 10.1. The van der Waals surface area contributed by atoms with E-state index >= 15 is 0 Å². The molecule has 0 spiro atoms. The van der Waals surface area contributed by atoms with Gasteiger partial charge in [-0.1, -0.05) is 19.1 Å². The van der Waals surface area contributed by atoms with Crippen molar-refractivity contribution in [3.8, 4) is 0 Å². The van der Waals surface area contributed by atoms with Crippen LogP contribution in [0.4, 0.5) is 11.6 Å². The number of benzene rings is 1. The molecule has 0 bridgehead atoms. The van der Waals surface area contributed by atoms with E-state index in [4.69, 9.17) is 0 Å². The third-order valence-electron chi connectivity index (χ3n) is 4.92. The normalized spacial score (nSPS) is 15.3. The smallest absolute Gasteiger partial charge is 0.259 e. The van der Waals surface area contributed by atoms with Crippen LogP contribution in [0.1, 0.15) is 46.9 Å². The van der Waals surface area contributed by atoms with Crippen LogP contribution >= 0.6 is 0 Å². The van der Waals surface area contributed by atoms with Gasteiger partial charge in [0.15, 0.2) is 0 Å². The lowest BCUT2D eigenvalue weighted by molar-refractivity contribution is 0.102. The summed E-state index contributed by atoms with van der Waals surface area (Å²) in [5, 5.41) is 2.98. The number of hydrogen-bond donors (Lipinski definition) is 1. The monoisotopic (exact) mass is 338 g/mol. The average molecular weight is 338 g/mol. The molecule has 1 aliphatic rings. The van der Waals surface area contributed by atoms with E-state index in [-0.39, 0.29) is 5.91 Å². The van der Waals surface area contributed by atoms with Crippen LogP contribution < -0.4 is 10.2 Å². The first-order valence-electron chi connectivity index (χ1n) is 8.91. The summed E-state index contributed by atoms with van der Waals surface area (Å²) >= 11 is 0. The van der Waals surface area contributed by atoms with Gasteiger partial charge in [-0.15, -0.1) is 0 Å². The maximum absolute atomic E-state index is 12.6. The molecule has 0 atom stereocenters. The van der Waals surface area contributed by atoms with Crippen molar-refractivity contribution < 1.29 is 4.79 Å². The molecule has 1 saturated heterocycles. The first-order valence-corrected chi connectivity index (χ1v) is 8.91. The van der Waals surface area contributed by atoms with Crippen LogP contribution in [0.2, 0.25) is 0 Å². The molecule has 3 rings (SSSR count). The summed E-state index contributed by atoms with van der Waals surface area (Å²) in [6, 6.07) is 6.02. The number of nitrogens with zero attached hydrogens (tertiary/aromatic N) is 3. The fourth-order valence-corrected chi connectivity index (χ4v) is 3.10. The maximum Gasteiger partial charge on any atom is 0.259 e. The highest BCUT2D eigenvalue weighted by Gasteiger charge is 2.20. The number of aryl methyl sites for hydroxylation is 3. The summed E-state index contributed by atoms with van der Waals surface area (Å²) in [7, 11) is 0. The molecule has 1 aromatic heterocycles. The molecule has 0 unspecified atom stereocenters. The lowest BCUT2D eigenvalue weighted by Crippen LogP contribution is -2.34. The van der Waals surface area contributed by atoms with Gasteiger partial charge in [-0.25, -0.2) is 9.97 Å². The third-order valence-corrected chi connectivity index (χ3v) is 4.92. The first kappa shape index (κ1) is 17.4. The number of nitrogens with one attached hydrogen (secondary N) is 1. The summed E-state index contributed by atoms with van der Waals surface area (Å²) in [5.41, 5.74) is 4.22. The number of rotatable bonds is 3. The Balaban J connectivity index is 1.76. The number of carbonyl (C=O) groups is 1. The average Bonchev–Trinajstić information content (AvgIpc) is 2.58. The van der Waals surface area contributed by atoms with Crippen LogP contribution in [0, 0.1) is 26.7 Å². The van der Waals surface area contributed by atoms with Crippen LogP contribution in [0.3, 0.4) is 0 Å². The predicted octanol–water partition coefficient (Wildman–Crippen LogP) is 3.89. The molecule has 5 heteroatoms. The number of hydrogen-bond acceptors (Lipinski definition) is 4. The maximum atomic E-state index is 12.6. The van der Waals surface area contributed by atoms with Crippen molar-refractivity contribution in [1.82, 2.24) is 9.97 Å². The summed E-state index contributed by atoms with van der Waals surface area (Å²) in [4.78, 5) is 23.9. The van der Waals surface area contributed by atoms with E-state index in [0.717, 1.165) is 54.6 Å². The molecule has 2 heterocycles. The summed E-state index contributed by atoms with van der Waals surface area (Å²) < 4.78 is 0. The van der Waals surface area contributed by atoms with Gasteiger partial charge < -0.3 is 10.2 Å². The standard InChI is InChI=1S/C20H26N4O/c1-13-7-9-24(10-8-13)20-21-12-17(16(4)22-20)19(25)23-18-11-14(2)5-6-15(18)3/h5-6,11-13H,7-10H2,1-4H3,(H,23,25). The Hall–Kier alpha value is -2.43. The molecule has 132 valence electrons. The third kappa shape index (κ3) is 3.98. The number of amides is 1. The number of anilines is 2. The second kappa shape index (κ2) is 7.21. The van der Waals surface area contributed by atoms with E-state index in [1.165, 1.54) is 0 Å². The van der Waals surface area contributed by atoms with Crippen LogP contribution in [0.15, 0.2) is 24.4 Å². The Morgan fingerprint density at radius 3 is 2.60 bits per heavy atom. The Bertz CT molecular complexity index is 779. The minimum absolute atomic E-state index is 0.162. The van der Waals surface area contributed by atoms with Gasteiger partial charge in [0, 0.05) is 25.0 Å².